The third kappa shape index (κ3) is 3.44. The highest BCUT2D eigenvalue weighted by Crippen LogP contribution is 2.24. The standard InChI is InChI=1S/C13H21N3O/c1-6-7-8-17-13-10(4)12(14-5)15-11(16-13)9(2)3/h6-7,9H,8H2,1-5H3,(H,14,15,16)/b7-6+. The van der Waals surface area contributed by atoms with E-state index < -0.39 is 0 Å². The van der Waals surface area contributed by atoms with Crippen molar-refractivity contribution < 1.29 is 4.74 Å². The molecule has 0 unspecified atom stereocenters. The van der Waals surface area contributed by atoms with Crippen LogP contribution in [0.2, 0.25) is 0 Å². The lowest BCUT2D eigenvalue weighted by Gasteiger charge is -2.13. The van der Waals surface area contributed by atoms with Gasteiger partial charge >= 0.3 is 0 Å². The van der Waals surface area contributed by atoms with E-state index in [4.69, 9.17) is 4.74 Å². The van der Waals surface area contributed by atoms with E-state index in [0.29, 0.717) is 12.5 Å². The van der Waals surface area contributed by atoms with E-state index in [1.165, 1.54) is 0 Å². The zero-order valence-electron chi connectivity index (χ0n) is 11.2. The van der Waals surface area contributed by atoms with Crippen molar-refractivity contribution in [2.75, 3.05) is 19.0 Å². The van der Waals surface area contributed by atoms with Crippen molar-refractivity contribution in [3.8, 4) is 5.88 Å². The number of rotatable bonds is 5. The van der Waals surface area contributed by atoms with Gasteiger partial charge in [-0.15, -0.1) is 0 Å². The number of nitrogens with one attached hydrogen (secondary N) is 1. The molecule has 4 nitrogen and oxygen atoms in total. The van der Waals surface area contributed by atoms with Crippen molar-refractivity contribution in [2.45, 2.75) is 33.6 Å². The van der Waals surface area contributed by atoms with E-state index in [1.807, 2.05) is 33.0 Å². The Labute approximate surface area is 103 Å². The molecular weight excluding hydrogens is 214 g/mol. The lowest BCUT2D eigenvalue weighted by molar-refractivity contribution is 0.343. The summed E-state index contributed by atoms with van der Waals surface area (Å²) in [6.07, 6.45) is 3.91. The molecule has 1 rings (SSSR count). The molecule has 0 spiro atoms. The fourth-order valence-corrected chi connectivity index (χ4v) is 1.38. The predicted molar refractivity (Wildman–Crippen MR) is 70.7 cm³/mol. The van der Waals surface area contributed by atoms with Gasteiger partial charge in [-0.05, 0) is 13.8 Å². The fourth-order valence-electron chi connectivity index (χ4n) is 1.38. The van der Waals surface area contributed by atoms with Crippen molar-refractivity contribution >= 4 is 5.82 Å². The van der Waals surface area contributed by atoms with Crippen molar-refractivity contribution in [1.82, 2.24) is 9.97 Å². The summed E-state index contributed by atoms with van der Waals surface area (Å²) in [7, 11) is 1.86. The molecule has 1 N–H and O–H groups in total. The highest BCUT2D eigenvalue weighted by molar-refractivity contribution is 5.48. The molecule has 94 valence electrons. The van der Waals surface area contributed by atoms with Gasteiger partial charge in [-0.25, -0.2) is 4.98 Å². The maximum Gasteiger partial charge on any atom is 0.222 e. The van der Waals surface area contributed by atoms with Gasteiger partial charge in [0.15, 0.2) is 0 Å². The highest BCUT2D eigenvalue weighted by Gasteiger charge is 2.12. The molecule has 0 radical (unpaired) electrons. The van der Waals surface area contributed by atoms with Crippen molar-refractivity contribution in [1.29, 1.82) is 0 Å². The zero-order valence-corrected chi connectivity index (χ0v) is 11.2. The van der Waals surface area contributed by atoms with Crippen LogP contribution < -0.4 is 10.1 Å². The van der Waals surface area contributed by atoms with Crippen molar-refractivity contribution in [3.05, 3.63) is 23.5 Å². The molecule has 0 aliphatic rings. The highest BCUT2D eigenvalue weighted by atomic mass is 16.5. The summed E-state index contributed by atoms with van der Waals surface area (Å²) in [6, 6.07) is 0. The number of nitrogens with zero attached hydrogens (tertiary/aromatic N) is 2. The van der Waals surface area contributed by atoms with E-state index in [2.05, 4.69) is 29.1 Å². The molecule has 0 aliphatic heterocycles. The molecular formula is C13H21N3O. The van der Waals surface area contributed by atoms with Gasteiger partial charge in [0.1, 0.15) is 18.2 Å². The molecule has 0 aromatic carbocycles. The Balaban J connectivity index is 3.04. The maximum absolute atomic E-state index is 5.63. The first-order chi connectivity index (χ1) is 8.10. The lowest BCUT2D eigenvalue weighted by atomic mass is 10.2. The molecule has 0 aliphatic carbocycles. The summed E-state index contributed by atoms with van der Waals surface area (Å²) in [6.45, 7) is 8.60. The van der Waals surface area contributed by atoms with Crippen LogP contribution in [-0.4, -0.2) is 23.6 Å². The van der Waals surface area contributed by atoms with Gasteiger partial charge in [0.05, 0.1) is 5.56 Å². The van der Waals surface area contributed by atoms with E-state index in [9.17, 15) is 0 Å². The molecule has 0 atom stereocenters. The molecule has 1 aromatic rings. The fraction of sp³-hybridized carbons (Fsp3) is 0.538. The monoisotopic (exact) mass is 235 g/mol. The average molecular weight is 235 g/mol. The third-order valence-electron chi connectivity index (χ3n) is 2.42. The van der Waals surface area contributed by atoms with E-state index in [-0.39, 0.29) is 5.92 Å². The second-order valence-corrected chi connectivity index (χ2v) is 4.15. The maximum atomic E-state index is 5.63. The van der Waals surface area contributed by atoms with Crippen LogP contribution in [0.15, 0.2) is 12.2 Å². The van der Waals surface area contributed by atoms with Crippen LogP contribution in [0.25, 0.3) is 0 Å². The van der Waals surface area contributed by atoms with E-state index in [0.717, 1.165) is 17.2 Å². The van der Waals surface area contributed by atoms with Crippen molar-refractivity contribution in [3.63, 3.8) is 0 Å². The normalized spacial score (nSPS) is 11.2. The summed E-state index contributed by atoms with van der Waals surface area (Å²) >= 11 is 0. The van der Waals surface area contributed by atoms with E-state index >= 15 is 0 Å². The Kier molecular flexibility index (Phi) is 4.94. The minimum atomic E-state index is 0.284. The van der Waals surface area contributed by atoms with Crippen LogP contribution in [0.3, 0.4) is 0 Å². The number of anilines is 1. The Morgan fingerprint density at radius 1 is 1.35 bits per heavy atom. The largest absolute Gasteiger partial charge is 0.473 e. The van der Waals surface area contributed by atoms with Crippen LogP contribution in [0.1, 0.15) is 38.1 Å². The number of aromatic nitrogens is 2. The molecule has 0 amide bonds. The predicted octanol–water partition coefficient (Wildman–Crippen LogP) is 2.91. The van der Waals surface area contributed by atoms with Gasteiger partial charge in [0.2, 0.25) is 5.88 Å². The Hall–Kier alpha value is -1.58. The minimum absolute atomic E-state index is 0.284. The number of allylic oxidation sites excluding steroid dienone is 1. The smallest absolute Gasteiger partial charge is 0.222 e. The number of hydrogen-bond donors (Lipinski definition) is 1. The first-order valence-corrected chi connectivity index (χ1v) is 5.90. The van der Waals surface area contributed by atoms with Gasteiger partial charge in [-0.1, -0.05) is 26.0 Å². The molecule has 0 bridgehead atoms. The van der Waals surface area contributed by atoms with Crippen LogP contribution in [-0.2, 0) is 0 Å². The minimum Gasteiger partial charge on any atom is -0.473 e. The molecule has 0 saturated heterocycles. The summed E-state index contributed by atoms with van der Waals surface area (Å²) < 4.78 is 5.63. The van der Waals surface area contributed by atoms with Crippen LogP contribution in [0.5, 0.6) is 5.88 Å². The number of ether oxygens (including phenoxy) is 1. The van der Waals surface area contributed by atoms with E-state index in [1.54, 1.807) is 0 Å². The summed E-state index contributed by atoms with van der Waals surface area (Å²) in [5.74, 6) is 2.58. The second kappa shape index (κ2) is 6.23. The third-order valence-corrected chi connectivity index (χ3v) is 2.42. The van der Waals surface area contributed by atoms with Crippen LogP contribution >= 0.6 is 0 Å². The van der Waals surface area contributed by atoms with Crippen LogP contribution in [0.4, 0.5) is 5.82 Å². The van der Waals surface area contributed by atoms with Gasteiger partial charge < -0.3 is 10.1 Å². The van der Waals surface area contributed by atoms with Gasteiger partial charge in [-0.3, -0.25) is 0 Å². The Morgan fingerprint density at radius 3 is 2.59 bits per heavy atom. The van der Waals surface area contributed by atoms with Gasteiger partial charge in [0, 0.05) is 13.0 Å². The Morgan fingerprint density at radius 2 is 2.06 bits per heavy atom. The SMILES string of the molecule is C/C=C/COc1nc(C(C)C)nc(NC)c1C. The van der Waals surface area contributed by atoms with Crippen LogP contribution in [0, 0.1) is 6.92 Å². The molecule has 0 saturated carbocycles. The first kappa shape index (κ1) is 13.5. The molecule has 1 heterocycles. The average Bonchev–Trinajstić information content (AvgIpc) is 2.31. The molecule has 0 fully saturated rings. The quantitative estimate of drug-likeness (QED) is 0.797. The van der Waals surface area contributed by atoms with Crippen molar-refractivity contribution in [2.24, 2.45) is 0 Å². The first-order valence-electron chi connectivity index (χ1n) is 5.90. The molecule has 4 heteroatoms. The van der Waals surface area contributed by atoms with Gasteiger partial charge in [-0.2, -0.15) is 4.98 Å². The summed E-state index contributed by atoms with van der Waals surface area (Å²) in [5.41, 5.74) is 0.946. The topological polar surface area (TPSA) is 47.0 Å². The number of hydrogen-bond acceptors (Lipinski definition) is 4. The molecule has 17 heavy (non-hydrogen) atoms. The zero-order chi connectivity index (χ0) is 12.8. The van der Waals surface area contributed by atoms with Gasteiger partial charge in [0.25, 0.3) is 0 Å². The lowest BCUT2D eigenvalue weighted by Crippen LogP contribution is -2.08. The molecule has 1 aromatic heterocycles. The Bertz CT molecular complexity index is 400. The summed E-state index contributed by atoms with van der Waals surface area (Å²) in [5, 5.41) is 3.07. The summed E-state index contributed by atoms with van der Waals surface area (Å²) in [4.78, 5) is 8.90. The second-order valence-electron chi connectivity index (χ2n) is 4.15.